The van der Waals surface area contributed by atoms with E-state index in [9.17, 15) is 14.7 Å². The van der Waals surface area contributed by atoms with Crippen LogP contribution in [0.1, 0.15) is 22.8 Å². The van der Waals surface area contributed by atoms with Crippen LogP contribution in [0, 0.1) is 18.8 Å². The summed E-state index contributed by atoms with van der Waals surface area (Å²) in [5.41, 5.74) is 1.52. The Morgan fingerprint density at radius 3 is 2.56 bits per heavy atom. The summed E-state index contributed by atoms with van der Waals surface area (Å²) < 4.78 is 5.91. The van der Waals surface area contributed by atoms with Crippen molar-refractivity contribution < 1.29 is 19.4 Å². The molecule has 1 N–H and O–H groups in total. The van der Waals surface area contributed by atoms with Gasteiger partial charge in [-0.2, -0.15) is 0 Å². The quantitative estimate of drug-likeness (QED) is 0.924. The van der Waals surface area contributed by atoms with Gasteiger partial charge in [-0.3, -0.25) is 9.59 Å². The molecule has 1 heterocycles. The van der Waals surface area contributed by atoms with Crippen molar-refractivity contribution in [3.8, 4) is 11.5 Å². The fourth-order valence-electron chi connectivity index (χ4n) is 3.16. The van der Waals surface area contributed by atoms with E-state index in [-0.39, 0.29) is 18.4 Å². The van der Waals surface area contributed by atoms with Crippen LogP contribution in [0.25, 0.3) is 0 Å². The predicted molar refractivity (Wildman–Crippen MR) is 93.9 cm³/mol. The molecule has 3 rings (SSSR count). The fourth-order valence-corrected chi connectivity index (χ4v) is 3.16. The molecule has 1 amide bonds. The van der Waals surface area contributed by atoms with E-state index in [0.29, 0.717) is 23.6 Å². The van der Waals surface area contributed by atoms with E-state index in [1.165, 1.54) is 0 Å². The van der Waals surface area contributed by atoms with Crippen LogP contribution in [-0.2, 0) is 4.79 Å². The van der Waals surface area contributed by atoms with Gasteiger partial charge in [-0.05, 0) is 42.7 Å². The normalized spacial score (nSPS) is 19.7. The van der Waals surface area contributed by atoms with Crippen LogP contribution in [0.5, 0.6) is 11.5 Å². The van der Waals surface area contributed by atoms with Gasteiger partial charge in [0.2, 0.25) is 0 Å². The third kappa shape index (κ3) is 3.65. The molecule has 1 aliphatic rings. The van der Waals surface area contributed by atoms with Gasteiger partial charge in [0.1, 0.15) is 11.5 Å². The van der Waals surface area contributed by atoms with Crippen molar-refractivity contribution in [1.29, 1.82) is 0 Å². The average molecular weight is 339 g/mol. The first-order valence-electron chi connectivity index (χ1n) is 8.31. The number of likely N-dealkylation sites (tertiary alicyclic amines) is 1. The maximum absolute atomic E-state index is 12.9. The van der Waals surface area contributed by atoms with Crippen LogP contribution in [0.2, 0.25) is 0 Å². The molecule has 25 heavy (non-hydrogen) atoms. The van der Waals surface area contributed by atoms with E-state index in [1.807, 2.05) is 44.2 Å². The van der Waals surface area contributed by atoms with Crippen LogP contribution in [0.3, 0.4) is 0 Å². The van der Waals surface area contributed by atoms with Crippen molar-refractivity contribution in [1.82, 2.24) is 4.90 Å². The molecule has 1 fully saturated rings. The Bertz CT molecular complexity index is 802. The minimum Gasteiger partial charge on any atom is -0.481 e. The highest BCUT2D eigenvalue weighted by Gasteiger charge is 2.37. The Hall–Kier alpha value is -2.82. The number of hydrogen-bond donors (Lipinski definition) is 1. The summed E-state index contributed by atoms with van der Waals surface area (Å²) in [5, 5.41) is 9.27. The lowest BCUT2D eigenvalue weighted by Gasteiger charge is -2.18. The number of amides is 1. The van der Waals surface area contributed by atoms with Crippen molar-refractivity contribution in [3.63, 3.8) is 0 Å². The van der Waals surface area contributed by atoms with E-state index in [1.54, 1.807) is 23.1 Å². The number of ether oxygens (including phenoxy) is 1. The Balaban J connectivity index is 1.83. The topological polar surface area (TPSA) is 66.8 Å². The summed E-state index contributed by atoms with van der Waals surface area (Å²) >= 11 is 0. The molecule has 0 aromatic heterocycles. The van der Waals surface area contributed by atoms with Gasteiger partial charge in [0.15, 0.2) is 0 Å². The van der Waals surface area contributed by atoms with Crippen molar-refractivity contribution >= 4 is 11.9 Å². The highest BCUT2D eigenvalue weighted by atomic mass is 16.5. The fraction of sp³-hybridized carbons (Fsp3) is 0.300. The molecule has 0 bridgehead atoms. The second-order valence-electron chi connectivity index (χ2n) is 6.55. The lowest BCUT2D eigenvalue weighted by Crippen LogP contribution is -2.30. The van der Waals surface area contributed by atoms with Crippen molar-refractivity contribution in [2.24, 2.45) is 11.8 Å². The highest BCUT2D eigenvalue weighted by Crippen LogP contribution is 2.30. The van der Waals surface area contributed by atoms with Crippen LogP contribution < -0.4 is 4.74 Å². The zero-order chi connectivity index (χ0) is 18.0. The molecule has 5 nitrogen and oxygen atoms in total. The first-order chi connectivity index (χ1) is 12.0. The van der Waals surface area contributed by atoms with E-state index in [4.69, 9.17) is 4.74 Å². The zero-order valence-electron chi connectivity index (χ0n) is 14.3. The molecule has 0 unspecified atom stereocenters. The highest BCUT2D eigenvalue weighted by molar-refractivity contribution is 5.97. The lowest BCUT2D eigenvalue weighted by molar-refractivity contribution is -0.142. The minimum absolute atomic E-state index is 0.0636. The minimum atomic E-state index is -0.855. The van der Waals surface area contributed by atoms with Gasteiger partial charge in [0, 0.05) is 13.1 Å². The smallest absolute Gasteiger partial charge is 0.308 e. The predicted octanol–water partition coefficient (Wildman–Crippen LogP) is 3.58. The number of hydrogen-bond acceptors (Lipinski definition) is 3. The SMILES string of the molecule is Cc1cccc(Oc2ccccc2C(=O)N2C[C@@H](C)[C@H](C(=O)O)C2)c1. The van der Waals surface area contributed by atoms with Gasteiger partial charge in [-0.1, -0.05) is 31.2 Å². The van der Waals surface area contributed by atoms with Gasteiger partial charge in [0.25, 0.3) is 5.91 Å². The van der Waals surface area contributed by atoms with Gasteiger partial charge in [0.05, 0.1) is 11.5 Å². The third-order valence-corrected chi connectivity index (χ3v) is 4.55. The van der Waals surface area contributed by atoms with Crippen LogP contribution in [0.15, 0.2) is 48.5 Å². The molecular formula is C20H21NO4. The first-order valence-corrected chi connectivity index (χ1v) is 8.31. The van der Waals surface area contributed by atoms with E-state index in [2.05, 4.69) is 0 Å². The summed E-state index contributed by atoms with van der Waals surface area (Å²) in [5.74, 6) is -0.492. The van der Waals surface area contributed by atoms with E-state index < -0.39 is 11.9 Å². The third-order valence-electron chi connectivity index (χ3n) is 4.55. The van der Waals surface area contributed by atoms with E-state index in [0.717, 1.165) is 5.56 Å². The number of nitrogens with zero attached hydrogens (tertiary/aromatic N) is 1. The molecule has 1 saturated heterocycles. The maximum Gasteiger partial charge on any atom is 0.308 e. The van der Waals surface area contributed by atoms with Gasteiger partial charge >= 0.3 is 5.97 Å². The summed E-state index contributed by atoms with van der Waals surface area (Å²) in [6, 6.07) is 14.7. The zero-order valence-corrected chi connectivity index (χ0v) is 14.3. The molecule has 0 saturated carbocycles. The second kappa shape index (κ2) is 6.97. The number of rotatable bonds is 4. The molecule has 1 aliphatic heterocycles. The number of aliphatic carboxylic acids is 1. The number of carbonyl (C=O) groups excluding carboxylic acids is 1. The number of aryl methyl sites for hydroxylation is 1. The Labute approximate surface area is 146 Å². The lowest BCUT2D eigenvalue weighted by atomic mass is 9.99. The summed E-state index contributed by atoms with van der Waals surface area (Å²) in [6.45, 7) is 4.51. The molecule has 0 spiro atoms. The van der Waals surface area contributed by atoms with E-state index >= 15 is 0 Å². The van der Waals surface area contributed by atoms with Crippen LogP contribution >= 0.6 is 0 Å². The molecular weight excluding hydrogens is 318 g/mol. The maximum atomic E-state index is 12.9. The number of carboxylic acid groups (broad SMARTS) is 1. The molecule has 2 aromatic carbocycles. The van der Waals surface area contributed by atoms with Crippen LogP contribution in [0.4, 0.5) is 0 Å². The Morgan fingerprint density at radius 2 is 1.88 bits per heavy atom. The molecule has 130 valence electrons. The largest absolute Gasteiger partial charge is 0.481 e. The summed E-state index contributed by atoms with van der Waals surface area (Å²) in [7, 11) is 0. The number of carboxylic acids is 1. The Kier molecular flexibility index (Phi) is 4.74. The summed E-state index contributed by atoms with van der Waals surface area (Å²) in [6.07, 6.45) is 0. The standard InChI is InChI=1S/C20H21NO4/c1-13-6-5-7-15(10-13)25-18-9-4-3-8-16(18)19(22)21-11-14(2)17(12-21)20(23)24/h3-10,14,17H,11-12H2,1-2H3,(H,23,24)/t14-,17-/m1/s1. The molecule has 5 heteroatoms. The molecule has 2 atom stereocenters. The summed E-state index contributed by atoms with van der Waals surface area (Å²) in [4.78, 5) is 25.8. The van der Waals surface area contributed by atoms with Crippen molar-refractivity contribution in [2.75, 3.05) is 13.1 Å². The van der Waals surface area contributed by atoms with Crippen molar-refractivity contribution in [3.05, 3.63) is 59.7 Å². The number of benzene rings is 2. The van der Waals surface area contributed by atoms with Gasteiger partial charge < -0.3 is 14.7 Å². The van der Waals surface area contributed by atoms with Gasteiger partial charge in [-0.15, -0.1) is 0 Å². The second-order valence-corrected chi connectivity index (χ2v) is 6.55. The van der Waals surface area contributed by atoms with Gasteiger partial charge in [-0.25, -0.2) is 0 Å². The monoisotopic (exact) mass is 339 g/mol. The average Bonchev–Trinajstić information content (AvgIpc) is 2.97. The number of carbonyl (C=O) groups is 2. The Morgan fingerprint density at radius 1 is 1.12 bits per heavy atom. The first kappa shape index (κ1) is 17.0. The molecule has 0 aliphatic carbocycles. The van der Waals surface area contributed by atoms with Crippen LogP contribution in [-0.4, -0.2) is 35.0 Å². The number of para-hydroxylation sites is 1. The van der Waals surface area contributed by atoms with Crippen molar-refractivity contribution in [2.45, 2.75) is 13.8 Å². The molecule has 2 aromatic rings. The molecule has 0 radical (unpaired) electrons.